The molecule has 0 bridgehead atoms. The maximum Gasteiger partial charge on any atom is 0.326 e. The number of hydrogen-bond acceptors (Lipinski definition) is 4. The van der Waals surface area contributed by atoms with E-state index in [0.717, 1.165) is 5.56 Å². The van der Waals surface area contributed by atoms with E-state index < -0.39 is 11.5 Å². The van der Waals surface area contributed by atoms with Crippen LogP contribution in [0.2, 0.25) is 0 Å². The lowest BCUT2D eigenvalue weighted by Crippen LogP contribution is -2.51. The second-order valence-corrected chi connectivity index (χ2v) is 4.95. The standard InChI is InChI=1S/C15H24N4O2/c1-2-21-13(20)15(18,9-6-10-19-14(16)17)11-12-7-4-3-5-8-12/h3-5,7-8H,2,6,9-11,18H2,1H3,(H4,16,17,19). The second kappa shape index (κ2) is 8.26. The van der Waals surface area contributed by atoms with E-state index in [9.17, 15) is 4.79 Å². The van der Waals surface area contributed by atoms with Crippen LogP contribution in [0.4, 0.5) is 0 Å². The summed E-state index contributed by atoms with van der Waals surface area (Å²) in [4.78, 5) is 16.1. The molecule has 6 N–H and O–H groups in total. The van der Waals surface area contributed by atoms with Crippen molar-refractivity contribution < 1.29 is 9.53 Å². The summed E-state index contributed by atoms with van der Waals surface area (Å²) in [6.45, 7) is 2.51. The number of aliphatic imine (C=N–C) groups is 1. The fraction of sp³-hybridized carbons (Fsp3) is 0.467. The van der Waals surface area contributed by atoms with Gasteiger partial charge < -0.3 is 21.9 Å². The summed E-state index contributed by atoms with van der Waals surface area (Å²) in [7, 11) is 0. The molecule has 1 rings (SSSR count). The van der Waals surface area contributed by atoms with Crippen LogP contribution >= 0.6 is 0 Å². The molecule has 0 aliphatic rings. The molecule has 1 aromatic rings. The highest BCUT2D eigenvalue weighted by molar-refractivity contribution is 5.81. The van der Waals surface area contributed by atoms with Crippen LogP contribution in [0.15, 0.2) is 35.3 Å². The van der Waals surface area contributed by atoms with Gasteiger partial charge in [0, 0.05) is 13.0 Å². The predicted molar refractivity (Wildman–Crippen MR) is 83.6 cm³/mol. The minimum absolute atomic E-state index is 0.0387. The van der Waals surface area contributed by atoms with Crippen molar-refractivity contribution in [3.05, 3.63) is 35.9 Å². The Balaban J connectivity index is 2.74. The monoisotopic (exact) mass is 292 g/mol. The van der Waals surface area contributed by atoms with Gasteiger partial charge in [-0.15, -0.1) is 0 Å². The first-order valence-corrected chi connectivity index (χ1v) is 7.03. The van der Waals surface area contributed by atoms with Crippen molar-refractivity contribution in [2.45, 2.75) is 31.7 Å². The first-order chi connectivity index (χ1) is 9.98. The van der Waals surface area contributed by atoms with E-state index in [2.05, 4.69) is 4.99 Å². The number of carbonyl (C=O) groups excluding carboxylic acids is 1. The SMILES string of the molecule is CCOC(=O)C(N)(CCCN=C(N)N)Cc1ccccc1. The maximum absolute atomic E-state index is 12.2. The van der Waals surface area contributed by atoms with Crippen LogP contribution in [0.25, 0.3) is 0 Å². The fourth-order valence-electron chi connectivity index (χ4n) is 2.10. The molecular weight excluding hydrogens is 268 g/mol. The summed E-state index contributed by atoms with van der Waals surface area (Å²) in [5, 5.41) is 0. The highest BCUT2D eigenvalue weighted by Gasteiger charge is 2.35. The van der Waals surface area contributed by atoms with Crippen LogP contribution in [-0.2, 0) is 16.0 Å². The lowest BCUT2D eigenvalue weighted by atomic mass is 9.87. The summed E-state index contributed by atoms with van der Waals surface area (Å²) >= 11 is 0. The van der Waals surface area contributed by atoms with Crippen LogP contribution in [0, 0.1) is 0 Å². The van der Waals surface area contributed by atoms with Gasteiger partial charge in [0.25, 0.3) is 0 Å². The summed E-state index contributed by atoms with van der Waals surface area (Å²) in [6.07, 6.45) is 1.49. The number of nitrogens with two attached hydrogens (primary N) is 3. The molecule has 0 aliphatic carbocycles. The minimum atomic E-state index is -1.06. The zero-order valence-electron chi connectivity index (χ0n) is 12.4. The molecule has 0 amide bonds. The van der Waals surface area contributed by atoms with E-state index >= 15 is 0 Å². The molecule has 6 nitrogen and oxygen atoms in total. The molecule has 1 atom stereocenters. The molecule has 0 fully saturated rings. The van der Waals surface area contributed by atoms with E-state index in [0.29, 0.717) is 32.4 Å². The first kappa shape index (κ1) is 17.0. The molecule has 1 aromatic carbocycles. The average molecular weight is 292 g/mol. The van der Waals surface area contributed by atoms with Gasteiger partial charge in [0.05, 0.1) is 6.61 Å². The first-order valence-electron chi connectivity index (χ1n) is 7.03. The number of carbonyl (C=O) groups is 1. The number of ether oxygens (including phenoxy) is 1. The average Bonchev–Trinajstić information content (AvgIpc) is 2.45. The Morgan fingerprint density at radius 3 is 2.52 bits per heavy atom. The molecule has 0 aliphatic heterocycles. The number of rotatable bonds is 8. The molecule has 1 unspecified atom stereocenters. The zero-order chi connectivity index (χ0) is 15.7. The van der Waals surface area contributed by atoms with E-state index in [-0.39, 0.29) is 5.96 Å². The number of nitrogens with zero attached hydrogens (tertiary/aromatic N) is 1. The van der Waals surface area contributed by atoms with Crippen LogP contribution in [0.3, 0.4) is 0 Å². The summed E-state index contributed by atoms with van der Waals surface area (Å²) in [5.74, 6) is -0.352. The highest BCUT2D eigenvalue weighted by Crippen LogP contribution is 2.19. The van der Waals surface area contributed by atoms with Crippen LogP contribution < -0.4 is 17.2 Å². The molecule has 116 valence electrons. The van der Waals surface area contributed by atoms with Gasteiger partial charge >= 0.3 is 5.97 Å². The molecule has 0 radical (unpaired) electrons. The number of benzene rings is 1. The molecular formula is C15H24N4O2. The van der Waals surface area contributed by atoms with Crippen molar-refractivity contribution >= 4 is 11.9 Å². The Hall–Kier alpha value is -2.08. The van der Waals surface area contributed by atoms with Gasteiger partial charge in [-0.05, 0) is 25.3 Å². The Kier molecular flexibility index (Phi) is 6.68. The Bertz CT molecular complexity index is 472. The molecule has 0 spiro atoms. The van der Waals surface area contributed by atoms with Crippen molar-refractivity contribution in [3.63, 3.8) is 0 Å². The van der Waals surface area contributed by atoms with Crippen LogP contribution in [0.5, 0.6) is 0 Å². The fourth-order valence-corrected chi connectivity index (χ4v) is 2.10. The highest BCUT2D eigenvalue weighted by atomic mass is 16.5. The van der Waals surface area contributed by atoms with Crippen LogP contribution in [0.1, 0.15) is 25.3 Å². The minimum Gasteiger partial charge on any atom is -0.465 e. The third kappa shape index (κ3) is 5.83. The van der Waals surface area contributed by atoms with E-state index in [4.69, 9.17) is 21.9 Å². The lowest BCUT2D eigenvalue weighted by molar-refractivity contribution is -0.150. The van der Waals surface area contributed by atoms with Crippen molar-refractivity contribution in [2.75, 3.05) is 13.2 Å². The molecule has 21 heavy (non-hydrogen) atoms. The Morgan fingerprint density at radius 2 is 1.95 bits per heavy atom. The van der Waals surface area contributed by atoms with Gasteiger partial charge in [0.2, 0.25) is 0 Å². The lowest BCUT2D eigenvalue weighted by Gasteiger charge is -2.27. The molecule has 0 heterocycles. The van der Waals surface area contributed by atoms with Gasteiger partial charge in [-0.25, -0.2) is 0 Å². The van der Waals surface area contributed by atoms with Crippen molar-refractivity contribution in [1.29, 1.82) is 0 Å². The third-order valence-electron chi connectivity index (χ3n) is 3.12. The van der Waals surface area contributed by atoms with Gasteiger partial charge in [0.1, 0.15) is 5.54 Å². The summed E-state index contributed by atoms with van der Waals surface area (Å²) in [6, 6.07) is 9.64. The number of hydrogen-bond donors (Lipinski definition) is 3. The quantitative estimate of drug-likeness (QED) is 0.280. The third-order valence-corrected chi connectivity index (χ3v) is 3.12. The van der Waals surface area contributed by atoms with Crippen molar-refractivity contribution in [1.82, 2.24) is 0 Å². The molecule has 0 aromatic heterocycles. The largest absolute Gasteiger partial charge is 0.465 e. The second-order valence-electron chi connectivity index (χ2n) is 4.95. The van der Waals surface area contributed by atoms with E-state index in [1.165, 1.54) is 0 Å². The maximum atomic E-state index is 12.2. The smallest absolute Gasteiger partial charge is 0.326 e. The van der Waals surface area contributed by atoms with E-state index in [1.807, 2.05) is 30.3 Å². The predicted octanol–water partition coefficient (Wildman–Crippen LogP) is 0.543. The zero-order valence-corrected chi connectivity index (χ0v) is 12.4. The molecule has 6 heteroatoms. The normalized spacial score (nSPS) is 13.2. The number of guanidine groups is 1. The van der Waals surface area contributed by atoms with E-state index in [1.54, 1.807) is 6.92 Å². The van der Waals surface area contributed by atoms with Crippen molar-refractivity contribution in [3.8, 4) is 0 Å². The summed E-state index contributed by atoms with van der Waals surface area (Å²) < 4.78 is 5.11. The molecule has 0 saturated carbocycles. The summed E-state index contributed by atoms with van der Waals surface area (Å²) in [5.41, 5.74) is 16.8. The molecule has 0 saturated heterocycles. The van der Waals surface area contributed by atoms with Gasteiger partial charge in [0.15, 0.2) is 5.96 Å². The Morgan fingerprint density at radius 1 is 1.29 bits per heavy atom. The van der Waals surface area contributed by atoms with Gasteiger partial charge in [-0.2, -0.15) is 0 Å². The van der Waals surface area contributed by atoms with Gasteiger partial charge in [-0.3, -0.25) is 9.79 Å². The topological polar surface area (TPSA) is 117 Å². The number of esters is 1. The van der Waals surface area contributed by atoms with Crippen molar-refractivity contribution in [2.24, 2.45) is 22.2 Å². The van der Waals surface area contributed by atoms with Gasteiger partial charge in [-0.1, -0.05) is 30.3 Å². The van der Waals surface area contributed by atoms with Crippen LogP contribution in [-0.4, -0.2) is 30.6 Å². The Labute approximate surface area is 125 Å².